The van der Waals surface area contributed by atoms with E-state index in [1.54, 1.807) is 25.1 Å². The maximum absolute atomic E-state index is 12.4. The molecule has 0 bridgehead atoms. The molecule has 7 heteroatoms. The zero-order chi connectivity index (χ0) is 14.0. The molecule has 0 fully saturated rings. The number of hydrogen-bond acceptors (Lipinski definition) is 4. The summed E-state index contributed by atoms with van der Waals surface area (Å²) in [6.45, 7) is 0.929. The van der Waals surface area contributed by atoms with Crippen molar-refractivity contribution >= 4 is 16.8 Å². The second-order valence-corrected chi connectivity index (χ2v) is 4.22. The molecule has 19 heavy (non-hydrogen) atoms. The highest BCUT2D eigenvalue weighted by Crippen LogP contribution is 2.23. The van der Waals surface area contributed by atoms with E-state index in [0.29, 0.717) is 16.8 Å². The van der Waals surface area contributed by atoms with Gasteiger partial charge in [0.15, 0.2) is 5.58 Å². The molecule has 0 saturated carbocycles. The third-order valence-corrected chi connectivity index (χ3v) is 2.70. The highest BCUT2D eigenvalue weighted by Gasteiger charge is 2.30. The van der Waals surface area contributed by atoms with E-state index in [0.717, 1.165) is 0 Å². The van der Waals surface area contributed by atoms with Crippen molar-refractivity contribution in [3.8, 4) is 0 Å². The number of rotatable bonds is 4. The van der Waals surface area contributed by atoms with E-state index >= 15 is 0 Å². The SMILES string of the molecule is CCN(Cc1nc2c(N)cccc2o1)CC(F)(F)F. The van der Waals surface area contributed by atoms with Crippen LogP contribution in [-0.2, 0) is 6.54 Å². The summed E-state index contributed by atoms with van der Waals surface area (Å²) in [6, 6.07) is 5.06. The minimum Gasteiger partial charge on any atom is -0.439 e. The quantitative estimate of drug-likeness (QED) is 0.870. The Kier molecular flexibility index (Phi) is 3.66. The summed E-state index contributed by atoms with van der Waals surface area (Å²) >= 11 is 0. The predicted molar refractivity (Wildman–Crippen MR) is 65.4 cm³/mol. The first-order valence-electron chi connectivity index (χ1n) is 5.82. The molecule has 104 valence electrons. The number of alkyl halides is 3. The molecule has 2 N–H and O–H groups in total. The largest absolute Gasteiger partial charge is 0.439 e. The van der Waals surface area contributed by atoms with Gasteiger partial charge in [-0.15, -0.1) is 0 Å². The Morgan fingerprint density at radius 2 is 2.11 bits per heavy atom. The fourth-order valence-electron chi connectivity index (χ4n) is 1.81. The van der Waals surface area contributed by atoms with Crippen LogP contribution in [0.15, 0.2) is 22.6 Å². The Hall–Kier alpha value is -1.76. The van der Waals surface area contributed by atoms with E-state index in [2.05, 4.69) is 4.98 Å². The van der Waals surface area contributed by atoms with Gasteiger partial charge >= 0.3 is 6.18 Å². The van der Waals surface area contributed by atoms with Crippen molar-refractivity contribution in [3.05, 3.63) is 24.1 Å². The molecule has 0 spiro atoms. The molecule has 0 amide bonds. The molecule has 0 aliphatic heterocycles. The van der Waals surface area contributed by atoms with Crippen LogP contribution in [0.2, 0.25) is 0 Å². The van der Waals surface area contributed by atoms with E-state index < -0.39 is 12.7 Å². The van der Waals surface area contributed by atoms with Gasteiger partial charge < -0.3 is 10.2 Å². The standard InChI is InChI=1S/C12H14F3N3O/c1-2-18(7-12(13,14)15)6-10-17-11-8(16)4-3-5-9(11)19-10/h3-5H,2,6-7,16H2,1H3. The Morgan fingerprint density at radius 3 is 2.68 bits per heavy atom. The van der Waals surface area contributed by atoms with Gasteiger partial charge in [-0.2, -0.15) is 13.2 Å². The van der Waals surface area contributed by atoms with Crippen LogP contribution in [0.25, 0.3) is 11.1 Å². The van der Waals surface area contributed by atoms with Gasteiger partial charge in [-0.25, -0.2) is 4.98 Å². The summed E-state index contributed by atoms with van der Waals surface area (Å²) in [5.41, 5.74) is 7.14. The van der Waals surface area contributed by atoms with Gasteiger partial charge in [0, 0.05) is 0 Å². The highest BCUT2D eigenvalue weighted by atomic mass is 19.4. The molecule has 2 rings (SSSR count). The van der Waals surface area contributed by atoms with E-state index in [-0.39, 0.29) is 19.0 Å². The lowest BCUT2D eigenvalue weighted by atomic mass is 10.3. The zero-order valence-electron chi connectivity index (χ0n) is 10.4. The third-order valence-electron chi connectivity index (χ3n) is 2.70. The van der Waals surface area contributed by atoms with Crippen LogP contribution in [0.1, 0.15) is 12.8 Å². The first kappa shape index (κ1) is 13.7. The topological polar surface area (TPSA) is 55.3 Å². The van der Waals surface area contributed by atoms with Crippen LogP contribution in [0.4, 0.5) is 18.9 Å². The number of fused-ring (bicyclic) bond motifs is 1. The number of hydrogen-bond donors (Lipinski definition) is 1. The Labute approximate surface area is 108 Å². The second kappa shape index (κ2) is 5.08. The molecule has 0 atom stereocenters. The lowest BCUT2D eigenvalue weighted by Crippen LogP contribution is -2.33. The highest BCUT2D eigenvalue weighted by molar-refractivity contribution is 5.85. The van der Waals surface area contributed by atoms with Gasteiger partial charge in [-0.05, 0) is 18.7 Å². The van der Waals surface area contributed by atoms with Gasteiger partial charge in [-0.3, -0.25) is 4.90 Å². The number of aromatic nitrogens is 1. The molecule has 4 nitrogen and oxygen atoms in total. The molecule has 0 unspecified atom stereocenters. The van der Waals surface area contributed by atoms with E-state index in [4.69, 9.17) is 10.2 Å². The number of anilines is 1. The molecule has 1 heterocycles. The lowest BCUT2D eigenvalue weighted by Gasteiger charge is -2.19. The molecular weight excluding hydrogens is 259 g/mol. The number of oxazole rings is 1. The molecular formula is C12H14F3N3O. The summed E-state index contributed by atoms with van der Waals surface area (Å²) in [4.78, 5) is 5.34. The maximum Gasteiger partial charge on any atom is 0.401 e. The molecule has 0 radical (unpaired) electrons. The summed E-state index contributed by atoms with van der Waals surface area (Å²) in [6.07, 6.45) is -4.24. The van der Waals surface area contributed by atoms with Gasteiger partial charge in [0.1, 0.15) is 5.52 Å². The third kappa shape index (κ3) is 3.37. The first-order valence-corrected chi connectivity index (χ1v) is 5.82. The van der Waals surface area contributed by atoms with Crippen molar-refractivity contribution in [1.82, 2.24) is 9.88 Å². The van der Waals surface area contributed by atoms with Crippen molar-refractivity contribution in [3.63, 3.8) is 0 Å². The summed E-state index contributed by atoms with van der Waals surface area (Å²) < 4.78 is 42.4. The smallest absolute Gasteiger partial charge is 0.401 e. The molecule has 1 aromatic carbocycles. The van der Waals surface area contributed by atoms with E-state index in [9.17, 15) is 13.2 Å². The zero-order valence-corrected chi connectivity index (χ0v) is 10.4. The second-order valence-electron chi connectivity index (χ2n) is 4.22. The minimum atomic E-state index is -4.24. The number of para-hydroxylation sites is 1. The van der Waals surface area contributed by atoms with E-state index in [1.807, 2.05) is 0 Å². The average molecular weight is 273 g/mol. The summed E-state index contributed by atoms with van der Waals surface area (Å²) in [7, 11) is 0. The van der Waals surface area contributed by atoms with Crippen molar-refractivity contribution in [2.24, 2.45) is 0 Å². The van der Waals surface area contributed by atoms with Crippen LogP contribution in [0, 0.1) is 0 Å². The maximum atomic E-state index is 12.4. The molecule has 2 aromatic rings. The molecule has 0 aliphatic carbocycles. The van der Waals surface area contributed by atoms with Gasteiger partial charge in [-0.1, -0.05) is 13.0 Å². The van der Waals surface area contributed by atoms with Crippen LogP contribution in [0.5, 0.6) is 0 Å². The Morgan fingerprint density at radius 1 is 1.37 bits per heavy atom. The minimum absolute atomic E-state index is 0.00410. The molecule has 0 saturated heterocycles. The number of halogens is 3. The van der Waals surface area contributed by atoms with Crippen LogP contribution in [-0.4, -0.2) is 29.1 Å². The summed E-state index contributed by atoms with van der Waals surface area (Å²) in [5, 5.41) is 0. The average Bonchev–Trinajstić information content (AvgIpc) is 2.70. The van der Waals surface area contributed by atoms with Gasteiger partial charge in [0.2, 0.25) is 5.89 Å². The van der Waals surface area contributed by atoms with Crippen molar-refractivity contribution in [1.29, 1.82) is 0 Å². The molecule has 1 aromatic heterocycles. The van der Waals surface area contributed by atoms with Crippen molar-refractivity contribution in [2.45, 2.75) is 19.6 Å². The number of nitrogens with zero attached hydrogens (tertiary/aromatic N) is 2. The number of nitrogens with two attached hydrogens (primary N) is 1. The number of nitrogen functional groups attached to an aromatic ring is 1. The normalized spacial score (nSPS) is 12.5. The summed E-state index contributed by atoms with van der Waals surface area (Å²) in [5.74, 6) is 0.235. The monoisotopic (exact) mass is 273 g/mol. The Bertz CT molecular complexity index is 565. The lowest BCUT2D eigenvalue weighted by molar-refractivity contribution is -0.147. The van der Waals surface area contributed by atoms with Gasteiger partial charge in [0.05, 0.1) is 18.8 Å². The first-order chi connectivity index (χ1) is 8.89. The molecule has 0 aliphatic rings. The van der Waals surface area contributed by atoms with Gasteiger partial charge in [0.25, 0.3) is 0 Å². The van der Waals surface area contributed by atoms with Crippen molar-refractivity contribution < 1.29 is 17.6 Å². The Balaban J connectivity index is 2.18. The fraction of sp³-hybridized carbons (Fsp3) is 0.417. The van der Waals surface area contributed by atoms with E-state index in [1.165, 1.54) is 4.90 Å². The van der Waals surface area contributed by atoms with Crippen LogP contribution >= 0.6 is 0 Å². The number of benzene rings is 1. The van der Waals surface area contributed by atoms with Crippen LogP contribution in [0.3, 0.4) is 0 Å². The predicted octanol–water partition coefficient (Wildman–Crippen LogP) is 2.79. The fourth-order valence-corrected chi connectivity index (χ4v) is 1.81. The van der Waals surface area contributed by atoms with Crippen molar-refractivity contribution in [2.75, 3.05) is 18.8 Å². The van der Waals surface area contributed by atoms with Crippen LogP contribution < -0.4 is 5.73 Å².